The molecule has 2 fully saturated rings. The summed E-state index contributed by atoms with van der Waals surface area (Å²) in [6, 6.07) is 0. The van der Waals surface area contributed by atoms with E-state index in [-0.39, 0.29) is 17.4 Å². The van der Waals surface area contributed by atoms with Crippen LogP contribution in [0.5, 0.6) is 0 Å². The Morgan fingerprint density at radius 1 is 1.28 bits per heavy atom. The van der Waals surface area contributed by atoms with Crippen molar-refractivity contribution in [3.8, 4) is 0 Å². The first-order valence-electron chi connectivity index (χ1n) is 6.64. The lowest BCUT2D eigenvalue weighted by molar-refractivity contribution is -0.146. The zero-order chi connectivity index (χ0) is 13.2. The summed E-state index contributed by atoms with van der Waals surface area (Å²) < 4.78 is 5.43. The Morgan fingerprint density at radius 3 is 2.44 bits per heavy atom. The molecule has 102 valence electrons. The molecule has 0 aliphatic heterocycles. The van der Waals surface area contributed by atoms with E-state index in [1.165, 1.54) is 0 Å². The molecule has 0 spiro atoms. The molecule has 0 bridgehead atoms. The Kier molecular flexibility index (Phi) is 3.90. The average molecular weight is 255 g/mol. The van der Waals surface area contributed by atoms with Crippen LogP contribution in [0.3, 0.4) is 0 Å². The van der Waals surface area contributed by atoms with Gasteiger partial charge < -0.3 is 15.2 Å². The maximum atomic E-state index is 12.0. The number of nitrogens with one attached hydrogen (secondary N) is 1. The van der Waals surface area contributed by atoms with Gasteiger partial charge in [-0.05, 0) is 32.1 Å². The molecule has 0 saturated heterocycles. The fourth-order valence-electron chi connectivity index (χ4n) is 2.97. The van der Waals surface area contributed by atoms with E-state index in [0.717, 1.165) is 25.7 Å². The van der Waals surface area contributed by atoms with Gasteiger partial charge in [0.1, 0.15) is 0 Å². The Labute approximate surface area is 107 Å². The molecule has 0 aromatic heterocycles. The number of carboxylic acid groups (broad SMARTS) is 1. The second-order valence-corrected chi connectivity index (χ2v) is 5.44. The standard InChI is InChI=1S/C13H21NO4/c1-18-13(6-3-7-13)8-14-11(15)9-4-2-5-10(9)12(16)17/h9-10H,2-8H2,1H3,(H,14,15)(H,16,17). The number of methoxy groups -OCH3 is 1. The molecule has 2 aliphatic carbocycles. The summed E-state index contributed by atoms with van der Waals surface area (Å²) in [5, 5.41) is 11.9. The van der Waals surface area contributed by atoms with Crippen molar-refractivity contribution in [3.63, 3.8) is 0 Å². The van der Waals surface area contributed by atoms with E-state index in [2.05, 4.69) is 5.32 Å². The van der Waals surface area contributed by atoms with Crippen molar-refractivity contribution < 1.29 is 19.4 Å². The number of carboxylic acids is 1. The normalized spacial score (nSPS) is 29.6. The van der Waals surface area contributed by atoms with Gasteiger partial charge in [-0.15, -0.1) is 0 Å². The molecular formula is C13H21NO4. The van der Waals surface area contributed by atoms with Gasteiger partial charge in [0.05, 0.1) is 17.4 Å². The largest absolute Gasteiger partial charge is 0.481 e. The molecule has 2 aliphatic rings. The summed E-state index contributed by atoms with van der Waals surface area (Å²) in [5.41, 5.74) is -0.201. The fourth-order valence-corrected chi connectivity index (χ4v) is 2.97. The van der Waals surface area contributed by atoms with E-state index < -0.39 is 11.9 Å². The minimum atomic E-state index is -0.849. The van der Waals surface area contributed by atoms with Crippen LogP contribution < -0.4 is 5.32 Å². The van der Waals surface area contributed by atoms with Gasteiger partial charge in [0.15, 0.2) is 0 Å². The van der Waals surface area contributed by atoms with Crippen LogP contribution in [0.1, 0.15) is 38.5 Å². The van der Waals surface area contributed by atoms with Crippen molar-refractivity contribution in [3.05, 3.63) is 0 Å². The van der Waals surface area contributed by atoms with E-state index >= 15 is 0 Å². The lowest BCUT2D eigenvalue weighted by atomic mass is 9.80. The highest BCUT2D eigenvalue weighted by atomic mass is 16.5. The fraction of sp³-hybridized carbons (Fsp3) is 0.846. The first-order valence-corrected chi connectivity index (χ1v) is 6.64. The summed E-state index contributed by atoms with van der Waals surface area (Å²) in [7, 11) is 1.67. The van der Waals surface area contributed by atoms with Crippen LogP contribution in [-0.4, -0.2) is 36.2 Å². The first kappa shape index (κ1) is 13.3. The molecule has 2 unspecified atom stereocenters. The van der Waals surface area contributed by atoms with Crippen molar-refractivity contribution in [1.29, 1.82) is 0 Å². The van der Waals surface area contributed by atoms with E-state index in [1.807, 2.05) is 0 Å². The van der Waals surface area contributed by atoms with E-state index in [9.17, 15) is 9.59 Å². The molecule has 1 amide bonds. The van der Waals surface area contributed by atoms with Crippen LogP contribution in [0.25, 0.3) is 0 Å². The molecule has 0 aromatic carbocycles. The molecule has 2 N–H and O–H groups in total. The molecule has 2 atom stereocenters. The van der Waals surface area contributed by atoms with Gasteiger partial charge in [-0.2, -0.15) is 0 Å². The minimum Gasteiger partial charge on any atom is -0.481 e. The molecular weight excluding hydrogens is 234 g/mol. The molecule has 18 heavy (non-hydrogen) atoms. The smallest absolute Gasteiger partial charge is 0.307 e. The van der Waals surface area contributed by atoms with Gasteiger partial charge in [-0.3, -0.25) is 9.59 Å². The van der Waals surface area contributed by atoms with Crippen LogP contribution in [0.15, 0.2) is 0 Å². The van der Waals surface area contributed by atoms with Gasteiger partial charge >= 0.3 is 5.97 Å². The SMILES string of the molecule is COC1(CNC(=O)C2CCCC2C(=O)O)CCC1. The van der Waals surface area contributed by atoms with Crippen molar-refractivity contribution in [2.45, 2.75) is 44.1 Å². The Morgan fingerprint density at radius 2 is 1.94 bits per heavy atom. The summed E-state index contributed by atoms with van der Waals surface area (Å²) >= 11 is 0. The van der Waals surface area contributed by atoms with Crippen molar-refractivity contribution in [2.24, 2.45) is 11.8 Å². The van der Waals surface area contributed by atoms with Crippen molar-refractivity contribution >= 4 is 11.9 Å². The third-order valence-electron chi connectivity index (χ3n) is 4.45. The van der Waals surface area contributed by atoms with Gasteiger partial charge in [-0.25, -0.2) is 0 Å². The lowest BCUT2D eigenvalue weighted by Gasteiger charge is -2.40. The molecule has 0 radical (unpaired) electrons. The topological polar surface area (TPSA) is 75.6 Å². The van der Waals surface area contributed by atoms with Crippen LogP contribution in [0.2, 0.25) is 0 Å². The molecule has 2 saturated carbocycles. The number of aliphatic carboxylic acids is 1. The number of amides is 1. The van der Waals surface area contributed by atoms with Crippen LogP contribution in [-0.2, 0) is 14.3 Å². The summed E-state index contributed by atoms with van der Waals surface area (Å²) in [6.07, 6.45) is 5.19. The van der Waals surface area contributed by atoms with Crippen LogP contribution >= 0.6 is 0 Å². The second-order valence-electron chi connectivity index (χ2n) is 5.44. The highest BCUT2D eigenvalue weighted by Crippen LogP contribution is 2.35. The number of hydrogen-bond acceptors (Lipinski definition) is 3. The van der Waals surface area contributed by atoms with Crippen LogP contribution in [0.4, 0.5) is 0 Å². The Balaban J connectivity index is 1.86. The van der Waals surface area contributed by atoms with Gasteiger partial charge in [0.2, 0.25) is 5.91 Å². The van der Waals surface area contributed by atoms with E-state index in [1.54, 1.807) is 7.11 Å². The minimum absolute atomic E-state index is 0.122. The van der Waals surface area contributed by atoms with Crippen molar-refractivity contribution in [1.82, 2.24) is 5.32 Å². The number of hydrogen-bond donors (Lipinski definition) is 2. The van der Waals surface area contributed by atoms with Gasteiger partial charge in [0, 0.05) is 13.7 Å². The zero-order valence-electron chi connectivity index (χ0n) is 10.8. The summed E-state index contributed by atoms with van der Waals surface area (Å²) in [4.78, 5) is 23.1. The third-order valence-corrected chi connectivity index (χ3v) is 4.45. The lowest BCUT2D eigenvalue weighted by Crippen LogP contribution is -2.50. The van der Waals surface area contributed by atoms with Gasteiger partial charge in [0.25, 0.3) is 0 Å². The maximum absolute atomic E-state index is 12.0. The quantitative estimate of drug-likeness (QED) is 0.773. The maximum Gasteiger partial charge on any atom is 0.307 e. The average Bonchev–Trinajstić information content (AvgIpc) is 2.76. The predicted octanol–water partition coefficient (Wildman–Crippen LogP) is 1.17. The van der Waals surface area contributed by atoms with E-state index in [4.69, 9.17) is 9.84 Å². The predicted molar refractivity (Wildman–Crippen MR) is 65.1 cm³/mol. The number of ether oxygens (including phenoxy) is 1. The number of carbonyl (C=O) groups excluding carboxylic acids is 1. The molecule has 2 rings (SSSR count). The number of rotatable bonds is 5. The van der Waals surface area contributed by atoms with Crippen LogP contribution in [0, 0.1) is 11.8 Å². The number of carbonyl (C=O) groups is 2. The molecule has 5 heteroatoms. The Bertz CT molecular complexity index is 332. The molecule has 0 aromatic rings. The zero-order valence-corrected chi connectivity index (χ0v) is 10.8. The molecule has 0 heterocycles. The highest BCUT2D eigenvalue weighted by molar-refractivity contribution is 5.85. The first-order chi connectivity index (χ1) is 8.58. The molecule has 5 nitrogen and oxygen atoms in total. The Hall–Kier alpha value is -1.10. The van der Waals surface area contributed by atoms with Crippen molar-refractivity contribution in [2.75, 3.05) is 13.7 Å². The monoisotopic (exact) mass is 255 g/mol. The highest BCUT2D eigenvalue weighted by Gasteiger charge is 2.40. The summed E-state index contributed by atoms with van der Waals surface area (Å²) in [6.45, 7) is 0.505. The third kappa shape index (κ3) is 2.51. The second kappa shape index (κ2) is 5.26. The van der Waals surface area contributed by atoms with Gasteiger partial charge in [-0.1, -0.05) is 6.42 Å². The summed E-state index contributed by atoms with van der Waals surface area (Å²) in [5.74, 6) is -1.85. The van der Waals surface area contributed by atoms with E-state index in [0.29, 0.717) is 19.4 Å².